The topological polar surface area (TPSA) is 24.9 Å². The Morgan fingerprint density at radius 1 is 0.488 bits per heavy atom. The first kappa shape index (κ1) is 41.0. The number of fused-ring (bicyclic) bond motifs is 1. The molecule has 3 aromatic carbocycles. The van der Waals surface area contributed by atoms with Gasteiger partial charge in [-0.1, -0.05) is 166 Å². The first-order valence-corrected chi connectivity index (χ1v) is 16.1. The number of nitrogens with zero attached hydrogens (tertiary/aromatic N) is 1. The number of hydrogen-bond acceptors (Lipinski definition) is 2. The molecule has 0 radical (unpaired) electrons. The van der Waals surface area contributed by atoms with Gasteiger partial charge >= 0.3 is 0 Å². The number of aryl methyl sites for hydroxylation is 1. The van der Waals surface area contributed by atoms with Crippen molar-refractivity contribution in [3.63, 3.8) is 0 Å². The fraction of sp³-hybridized carbons (Fsp3) is 0.293. The molecule has 0 aliphatic rings. The highest BCUT2D eigenvalue weighted by molar-refractivity contribution is 5.82. The molecule has 0 atom stereocenters. The molecular weight excluding hydrogens is 520 g/mol. The molecule has 2 heteroatoms. The highest BCUT2D eigenvalue weighted by atomic mass is 14.8. The third-order valence-electron chi connectivity index (χ3n) is 5.37. The zero-order valence-corrected chi connectivity index (χ0v) is 29.1. The van der Waals surface area contributed by atoms with Gasteiger partial charge in [-0.3, -0.25) is 0 Å². The van der Waals surface area contributed by atoms with E-state index in [2.05, 4.69) is 121 Å². The number of nitrogens with one attached hydrogen (secondary N) is 1. The molecule has 0 saturated carbocycles. The Labute approximate surface area is 265 Å². The molecule has 0 fully saturated rings. The van der Waals surface area contributed by atoms with Crippen LogP contribution in [-0.2, 0) is 0 Å². The molecule has 1 heterocycles. The number of aromatic nitrogens is 1. The van der Waals surface area contributed by atoms with Crippen LogP contribution in [0, 0.1) is 6.92 Å². The van der Waals surface area contributed by atoms with Gasteiger partial charge in [-0.25, -0.2) is 4.98 Å². The minimum atomic E-state index is 0.951. The molecular formula is C41H58N2. The second-order valence-corrected chi connectivity index (χ2v) is 7.91. The maximum atomic E-state index is 4.76. The van der Waals surface area contributed by atoms with E-state index in [1.165, 1.54) is 16.7 Å². The quantitative estimate of drug-likeness (QED) is 0.221. The van der Waals surface area contributed by atoms with Crippen molar-refractivity contribution >= 4 is 40.9 Å². The molecule has 0 aliphatic carbocycles. The summed E-state index contributed by atoms with van der Waals surface area (Å²) < 4.78 is 0. The van der Waals surface area contributed by atoms with Crippen LogP contribution < -0.4 is 5.32 Å². The predicted molar refractivity (Wildman–Crippen MR) is 202 cm³/mol. The summed E-state index contributed by atoms with van der Waals surface area (Å²) >= 11 is 0. The highest BCUT2D eigenvalue weighted by Gasteiger charge is 1.97. The SMILES string of the molecule is CC.CC.CC.CC.CC.CNc1ccc(/C=C/C=C/c2ccc3nc(/C=C/C=C/c4ccc(C)cc4)ccc3c2)cc1. The second kappa shape index (κ2) is 28.0. The molecule has 232 valence electrons. The molecule has 1 N–H and O–H groups in total. The third kappa shape index (κ3) is 16.8. The molecule has 0 amide bonds. The monoisotopic (exact) mass is 578 g/mol. The summed E-state index contributed by atoms with van der Waals surface area (Å²) in [6.45, 7) is 22.1. The van der Waals surface area contributed by atoms with Crippen LogP contribution in [0.4, 0.5) is 5.69 Å². The lowest BCUT2D eigenvalue weighted by Crippen LogP contribution is -1.86. The minimum absolute atomic E-state index is 0.951. The standard InChI is InChI=1S/C31H28N2.5C2H6/c1-24-11-13-25(14-12-24)8-5-6-10-30-21-18-28-23-27(17-22-31(28)33-30)9-4-3-7-26-15-19-29(32-2)20-16-26;5*1-2/h3-23,32H,1-2H3;5*1-2H3/b7-3+,8-5+,9-4+,10-6+;;;;;. The molecule has 43 heavy (non-hydrogen) atoms. The minimum Gasteiger partial charge on any atom is -0.388 e. The number of rotatable bonds is 7. The first-order chi connectivity index (χ1) is 21.2. The Hall–Kier alpha value is -4.17. The van der Waals surface area contributed by atoms with Crippen molar-refractivity contribution in [2.45, 2.75) is 76.2 Å². The van der Waals surface area contributed by atoms with Gasteiger partial charge in [0.2, 0.25) is 0 Å². The maximum absolute atomic E-state index is 4.76. The zero-order chi connectivity index (χ0) is 32.9. The van der Waals surface area contributed by atoms with E-state index in [1.54, 1.807) is 0 Å². The average Bonchev–Trinajstić information content (AvgIpc) is 3.10. The van der Waals surface area contributed by atoms with Gasteiger partial charge in [0.25, 0.3) is 0 Å². The third-order valence-corrected chi connectivity index (χ3v) is 5.37. The van der Waals surface area contributed by atoms with Crippen molar-refractivity contribution in [2.24, 2.45) is 0 Å². The molecule has 4 rings (SSSR count). The van der Waals surface area contributed by atoms with Crippen LogP contribution in [0.5, 0.6) is 0 Å². The smallest absolute Gasteiger partial charge is 0.0709 e. The largest absolute Gasteiger partial charge is 0.388 e. The van der Waals surface area contributed by atoms with Gasteiger partial charge in [-0.15, -0.1) is 0 Å². The summed E-state index contributed by atoms with van der Waals surface area (Å²) in [6.07, 6.45) is 16.6. The molecule has 4 aromatic rings. The maximum Gasteiger partial charge on any atom is 0.0709 e. The lowest BCUT2D eigenvalue weighted by atomic mass is 10.1. The van der Waals surface area contributed by atoms with E-state index in [-0.39, 0.29) is 0 Å². The van der Waals surface area contributed by atoms with Gasteiger partial charge in [-0.2, -0.15) is 0 Å². The summed E-state index contributed by atoms with van der Waals surface area (Å²) in [4.78, 5) is 4.76. The second-order valence-electron chi connectivity index (χ2n) is 7.91. The van der Waals surface area contributed by atoms with E-state index in [9.17, 15) is 0 Å². The van der Waals surface area contributed by atoms with Gasteiger partial charge in [-0.05, 0) is 60.0 Å². The van der Waals surface area contributed by atoms with Crippen LogP contribution in [0.15, 0.2) is 103 Å². The number of benzene rings is 3. The Kier molecular flexibility index (Phi) is 26.7. The molecule has 0 unspecified atom stereocenters. The van der Waals surface area contributed by atoms with Crippen LogP contribution in [0.1, 0.15) is 97.2 Å². The number of pyridine rings is 1. The van der Waals surface area contributed by atoms with Crippen LogP contribution in [0.25, 0.3) is 35.2 Å². The molecule has 1 aromatic heterocycles. The van der Waals surface area contributed by atoms with Crippen LogP contribution in [0.2, 0.25) is 0 Å². The van der Waals surface area contributed by atoms with Crippen molar-refractivity contribution in [2.75, 3.05) is 12.4 Å². The predicted octanol–water partition coefficient (Wildman–Crippen LogP) is 13.2. The molecule has 0 bridgehead atoms. The number of allylic oxidation sites excluding steroid dienone is 4. The van der Waals surface area contributed by atoms with E-state index < -0.39 is 0 Å². The normalized spacial score (nSPS) is 9.95. The van der Waals surface area contributed by atoms with E-state index in [1.807, 2.05) is 94.5 Å². The van der Waals surface area contributed by atoms with Crippen LogP contribution >= 0.6 is 0 Å². The van der Waals surface area contributed by atoms with Crippen LogP contribution in [0.3, 0.4) is 0 Å². The van der Waals surface area contributed by atoms with Crippen molar-refractivity contribution in [1.29, 1.82) is 0 Å². The Morgan fingerprint density at radius 3 is 1.44 bits per heavy atom. The van der Waals surface area contributed by atoms with E-state index in [0.29, 0.717) is 0 Å². The number of hydrogen-bond donors (Lipinski definition) is 1. The summed E-state index contributed by atoms with van der Waals surface area (Å²) in [6, 6.07) is 27.4. The fourth-order valence-corrected chi connectivity index (χ4v) is 3.45. The summed E-state index contributed by atoms with van der Waals surface area (Å²) in [5, 5.41) is 4.27. The van der Waals surface area contributed by atoms with E-state index in [0.717, 1.165) is 27.8 Å². The molecule has 0 saturated heterocycles. The van der Waals surface area contributed by atoms with E-state index >= 15 is 0 Å². The van der Waals surface area contributed by atoms with Gasteiger partial charge < -0.3 is 5.32 Å². The van der Waals surface area contributed by atoms with E-state index in [4.69, 9.17) is 4.98 Å². The first-order valence-electron chi connectivity index (χ1n) is 16.1. The zero-order valence-electron chi connectivity index (χ0n) is 29.1. The van der Waals surface area contributed by atoms with Crippen molar-refractivity contribution in [3.8, 4) is 0 Å². The lowest BCUT2D eigenvalue weighted by Gasteiger charge is -2.01. The summed E-state index contributed by atoms with van der Waals surface area (Å²) in [5.74, 6) is 0. The van der Waals surface area contributed by atoms with Crippen molar-refractivity contribution in [3.05, 3.63) is 131 Å². The van der Waals surface area contributed by atoms with Gasteiger partial charge in [0.15, 0.2) is 0 Å². The highest BCUT2D eigenvalue weighted by Crippen LogP contribution is 2.17. The van der Waals surface area contributed by atoms with Crippen LogP contribution in [-0.4, -0.2) is 12.0 Å². The van der Waals surface area contributed by atoms with Gasteiger partial charge in [0.1, 0.15) is 0 Å². The summed E-state index contributed by atoms with van der Waals surface area (Å²) in [7, 11) is 1.93. The molecule has 0 aliphatic heterocycles. The van der Waals surface area contributed by atoms with Crippen molar-refractivity contribution < 1.29 is 0 Å². The average molecular weight is 579 g/mol. The van der Waals surface area contributed by atoms with Gasteiger partial charge in [0, 0.05) is 18.1 Å². The van der Waals surface area contributed by atoms with Gasteiger partial charge in [0.05, 0.1) is 11.2 Å². The fourth-order valence-electron chi connectivity index (χ4n) is 3.45. The Bertz CT molecular complexity index is 1320. The lowest BCUT2D eigenvalue weighted by molar-refractivity contribution is 1.37. The Balaban J connectivity index is 0. The summed E-state index contributed by atoms with van der Waals surface area (Å²) in [5.41, 5.74) is 7.86. The molecule has 0 spiro atoms. The Morgan fingerprint density at radius 2 is 0.930 bits per heavy atom. The molecule has 2 nitrogen and oxygen atoms in total. The van der Waals surface area contributed by atoms with Crippen molar-refractivity contribution in [1.82, 2.24) is 4.98 Å². The number of anilines is 1.